The molecule has 0 fully saturated rings. The average Bonchev–Trinajstić information content (AvgIpc) is 2.62. The van der Waals surface area contributed by atoms with Gasteiger partial charge in [0.25, 0.3) is 5.91 Å². The van der Waals surface area contributed by atoms with E-state index in [9.17, 15) is 4.79 Å². The number of anilines is 1. The molecule has 0 saturated heterocycles. The van der Waals surface area contributed by atoms with Crippen molar-refractivity contribution >= 4 is 11.6 Å². The first-order chi connectivity index (χ1) is 12.0. The fourth-order valence-corrected chi connectivity index (χ4v) is 3.35. The number of carbonyl (C=O) groups excluding carboxylic acids is 1. The molecular formula is C21H25NO3. The van der Waals surface area contributed by atoms with Crippen molar-refractivity contribution in [2.75, 3.05) is 25.2 Å². The number of rotatable bonds is 4. The molecule has 1 heterocycles. The average molecular weight is 339 g/mol. The number of hydrogen-bond acceptors (Lipinski definition) is 3. The van der Waals surface area contributed by atoms with E-state index in [-0.39, 0.29) is 12.5 Å². The molecule has 0 atom stereocenters. The lowest BCUT2D eigenvalue weighted by Gasteiger charge is -2.32. The fraction of sp³-hybridized carbons (Fsp3) is 0.381. The zero-order valence-electron chi connectivity index (χ0n) is 15.4. The number of benzene rings is 2. The Balaban J connectivity index is 1.83. The highest BCUT2D eigenvalue weighted by Crippen LogP contribution is 2.38. The number of ether oxygens (including phenoxy) is 2. The summed E-state index contributed by atoms with van der Waals surface area (Å²) in [5.41, 5.74) is 5.46. The van der Waals surface area contributed by atoms with Gasteiger partial charge in [0.1, 0.15) is 11.5 Å². The molecule has 0 aromatic heterocycles. The largest absolute Gasteiger partial charge is 0.495 e. The van der Waals surface area contributed by atoms with Crippen molar-refractivity contribution in [2.45, 2.75) is 33.6 Å². The molecule has 1 aliphatic heterocycles. The van der Waals surface area contributed by atoms with E-state index in [2.05, 4.69) is 13.0 Å². The van der Waals surface area contributed by atoms with Crippen LogP contribution in [0.1, 0.15) is 28.7 Å². The Hall–Kier alpha value is -2.49. The lowest BCUT2D eigenvalue weighted by atomic mass is 9.96. The van der Waals surface area contributed by atoms with Gasteiger partial charge >= 0.3 is 0 Å². The van der Waals surface area contributed by atoms with Crippen LogP contribution in [0.2, 0.25) is 0 Å². The van der Waals surface area contributed by atoms with Gasteiger partial charge in [-0.15, -0.1) is 0 Å². The molecule has 0 unspecified atom stereocenters. The first-order valence-corrected chi connectivity index (χ1v) is 8.68. The summed E-state index contributed by atoms with van der Waals surface area (Å²) in [6.07, 6.45) is 1.93. The van der Waals surface area contributed by atoms with Gasteiger partial charge in [-0.2, -0.15) is 0 Å². The molecule has 0 bridgehead atoms. The fourth-order valence-electron chi connectivity index (χ4n) is 3.35. The van der Waals surface area contributed by atoms with Crippen molar-refractivity contribution in [2.24, 2.45) is 0 Å². The lowest BCUT2D eigenvalue weighted by molar-refractivity contribution is -0.120. The van der Waals surface area contributed by atoms with Gasteiger partial charge < -0.3 is 14.4 Å². The van der Waals surface area contributed by atoms with Gasteiger partial charge in [0, 0.05) is 6.54 Å². The van der Waals surface area contributed by atoms with E-state index in [1.54, 1.807) is 7.11 Å². The molecule has 2 aromatic carbocycles. The van der Waals surface area contributed by atoms with Crippen LogP contribution < -0.4 is 14.4 Å². The number of methoxy groups -OCH3 is 1. The van der Waals surface area contributed by atoms with E-state index in [1.165, 1.54) is 11.1 Å². The number of aryl methyl sites for hydroxylation is 3. The van der Waals surface area contributed by atoms with Crippen LogP contribution in [0.5, 0.6) is 11.5 Å². The third kappa shape index (κ3) is 3.48. The van der Waals surface area contributed by atoms with Gasteiger partial charge in [0.15, 0.2) is 6.61 Å². The van der Waals surface area contributed by atoms with E-state index in [1.807, 2.05) is 43.0 Å². The van der Waals surface area contributed by atoms with E-state index < -0.39 is 0 Å². The van der Waals surface area contributed by atoms with Crippen LogP contribution in [0.15, 0.2) is 30.3 Å². The standard InChI is InChI=1S/C21H25NO3/c1-14-7-8-16(3)19(12-14)25-13-20(23)22-11-5-6-17-15(2)9-10-18(24-4)21(17)22/h7-10,12H,5-6,11,13H2,1-4H3. The first kappa shape index (κ1) is 17.3. The third-order valence-corrected chi connectivity index (χ3v) is 4.77. The topological polar surface area (TPSA) is 38.8 Å². The zero-order chi connectivity index (χ0) is 18.0. The van der Waals surface area contributed by atoms with Crippen molar-refractivity contribution in [1.82, 2.24) is 0 Å². The van der Waals surface area contributed by atoms with Gasteiger partial charge in [0.05, 0.1) is 12.8 Å². The van der Waals surface area contributed by atoms with Crippen molar-refractivity contribution in [1.29, 1.82) is 0 Å². The number of amides is 1. The molecule has 0 aliphatic carbocycles. The van der Waals surface area contributed by atoms with Crippen LogP contribution in [-0.4, -0.2) is 26.2 Å². The molecule has 25 heavy (non-hydrogen) atoms. The quantitative estimate of drug-likeness (QED) is 0.846. The smallest absolute Gasteiger partial charge is 0.265 e. The van der Waals surface area contributed by atoms with Gasteiger partial charge in [0.2, 0.25) is 0 Å². The van der Waals surface area contributed by atoms with Crippen LogP contribution in [0, 0.1) is 20.8 Å². The van der Waals surface area contributed by atoms with Gasteiger partial charge in [-0.25, -0.2) is 0 Å². The molecule has 0 spiro atoms. The van der Waals surface area contributed by atoms with Crippen LogP contribution >= 0.6 is 0 Å². The number of fused-ring (bicyclic) bond motifs is 1. The molecule has 4 nitrogen and oxygen atoms in total. The molecule has 2 aromatic rings. The van der Waals surface area contributed by atoms with Crippen LogP contribution in [0.4, 0.5) is 5.69 Å². The Bertz CT molecular complexity index is 798. The maximum atomic E-state index is 12.9. The lowest BCUT2D eigenvalue weighted by Crippen LogP contribution is -2.39. The van der Waals surface area contributed by atoms with Crippen LogP contribution in [0.25, 0.3) is 0 Å². The van der Waals surface area contributed by atoms with E-state index in [0.29, 0.717) is 6.54 Å². The van der Waals surface area contributed by atoms with E-state index >= 15 is 0 Å². The minimum Gasteiger partial charge on any atom is -0.495 e. The highest BCUT2D eigenvalue weighted by Gasteiger charge is 2.27. The summed E-state index contributed by atoms with van der Waals surface area (Å²) in [6, 6.07) is 10.0. The number of carbonyl (C=O) groups is 1. The Labute approximate surface area is 149 Å². The maximum Gasteiger partial charge on any atom is 0.265 e. The number of hydrogen-bond donors (Lipinski definition) is 0. The predicted octanol–water partition coefficient (Wildman–Crippen LogP) is 3.98. The molecule has 132 valence electrons. The molecule has 0 radical (unpaired) electrons. The molecular weight excluding hydrogens is 314 g/mol. The Morgan fingerprint density at radius 3 is 2.60 bits per heavy atom. The maximum absolute atomic E-state index is 12.9. The van der Waals surface area contributed by atoms with Gasteiger partial charge in [-0.3, -0.25) is 4.79 Å². The highest BCUT2D eigenvalue weighted by molar-refractivity contribution is 5.97. The van der Waals surface area contributed by atoms with Crippen molar-refractivity contribution < 1.29 is 14.3 Å². The summed E-state index contributed by atoms with van der Waals surface area (Å²) in [5.74, 6) is 1.48. The van der Waals surface area contributed by atoms with Gasteiger partial charge in [-0.05, 0) is 68.0 Å². The predicted molar refractivity (Wildman–Crippen MR) is 99.8 cm³/mol. The summed E-state index contributed by atoms with van der Waals surface area (Å²) in [4.78, 5) is 14.7. The summed E-state index contributed by atoms with van der Waals surface area (Å²) in [5, 5.41) is 0. The molecule has 3 rings (SSSR count). The van der Waals surface area contributed by atoms with Gasteiger partial charge in [-0.1, -0.05) is 18.2 Å². The molecule has 1 aliphatic rings. The first-order valence-electron chi connectivity index (χ1n) is 8.68. The van der Waals surface area contributed by atoms with E-state index in [0.717, 1.165) is 41.2 Å². The summed E-state index contributed by atoms with van der Waals surface area (Å²) < 4.78 is 11.3. The Morgan fingerprint density at radius 2 is 1.84 bits per heavy atom. The molecule has 0 N–H and O–H groups in total. The second kappa shape index (κ2) is 7.18. The number of nitrogens with zero attached hydrogens (tertiary/aromatic N) is 1. The van der Waals surface area contributed by atoms with E-state index in [4.69, 9.17) is 9.47 Å². The van der Waals surface area contributed by atoms with Crippen LogP contribution in [-0.2, 0) is 11.2 Å². The summed E-state index contributed by atoms with van der Waals surface area (Å²) in [6.45, 7) is 6.81. The minimum absolute atomic E-state index is 0.0286. The Morgan fingerprint density at radius 1 is 1.08 bits per heavy atom. The highest BCUT2D eigenvalue weighted by atomic mass is 16.5. The summed E-state index contributed by atoms with van der Waals surface area (Å²) in [7, 11) is 1.65. The van der Waals surface area contributed by atoms with Crippen molar-refractivity contribution in [3.8, 4) is 11.5 Å². The summed E-state index contributed by atoms with van der Waals surface area (Å²) >= 11 is 0. The molecule has 1 amide bonds. The van der Waals surface area contributed by atoms with Crippen LogP contribution in [0.3, 0.4) is 0 Å². The van der Waals surface area contributed by atoms with Crippen molar-refractivity contribution in [3.05, 3.63) is 52.6 Å². The van der Waals surface area contributed by atoms with Crippen molar-refractivity contribution in [3.63, 3.8) is 0 Å². The minimum atomic E-state index is -0.0363. The normalized spacial score (nSPS) is 13.4. The Kier molecular flexibility index (Phi) is 4.98. The second-order valence-corrected chi connectivity index (χ2v) is 6.62. The second-order valence-electron chi connectivity index (χ2n) is 6.62. The molecule has 0 saturated carbocycles. The third-order valence-electron chi connectivity index (χ3n) is 4.77. The zero-order valence-corrected chi connectivity index (χ0v) is 15.4. The SMILES string of the molecule is COc1ccc(C)c2c1N(C(=O)COc1cc(C)ccc1C)CCC2. The monoisotopic (exact) mass is 339 g/mol. The molecule has 4 heteroatoms.